The van der Waals surface area contributed by atoms with Crippen molar-refractivity contribution in [3.8, 4) is 5.75 Å². The van der Waals surface area contributed by atoms with Crippen LogP contribution in [0.5, 0.6) is 5.75 Å². The lowest BCUT2D eigenvalue weighted by atomic mass is 10.2. The van der Waals surface area contributed by atoms with Crippen LogP contribution in [0.2, 0.25) is 0 Å². The van der Waals surface area contributed by atoms with Gasteiger partial charge in [0.05, 0.1) is 6.61 Å². The first kappa shape index (κ1) is 16.3. The Morgan fingerprint density at radius 3 is 2.76 bits per heavy atom. The number of nitrogens with one attached hydrogen (secondary N) is 1. The van der Waals surface area contributed by atoms with E-state index in [0.29, 0.717) is 12.6 Å². The summed E-state index contributed by atoms with van der Waals surface area (Å²) in [5.41, 5.74) is 1.28. The maximum Gasteiger partial charge on any atom is 0.119 e. The molecular formula is C17H28N2O2. The number of likely N-dealkylation sites (N-methyl/N-ethyl adjacent to an activating group) is 1. The number of hydrogen-bond donors (Lipinski definition) is 1. The number of morpholine rings is 1. The van der Waals surface area contributed by atoms with Crippen molar-refractivity contribution in [2.24, 2.45) is 0 Å². The Morgan fingerprint density at radius 2 is 2.10 bits per heavy atom. The van der Waals surface area contributed by atoms with Crippen LogP contribution in [0.1, 0.15) is 26.3 Å². The van der Waals surface area contributed by atoms with Crippen molar-refractivity contribution < 1.29 is 9.47 Å². The van der Waals surface area contributed by atoms with Gasteiger partial charge in [0, 0.05) is 25.7 Å². The third-order valence-corrected chi connectivity index (χ3v) is 3.74. The van der Waals surface area contributed by atoms with E-state index in [9.17, 15) is 0 Å². The summed E-state index contributed by atoms with van der Waals surface area (Å²) < 4.78 is 11.6. The highest BCUT2D eigenvalue weighted by molar-refractivity contribution is 5.27. The predicted molar refractivity (Wildman–Crippen MR) is 85.8 cm³/mol. The summed E-state index contributed by atoms with van der Waals surface area (Å²) in [7, 11) is 0. The standard InChI is InChI=1S/C17H28N2O2/c1-4-19-9-10-20-17(12-19)13-21-16-7-5-15(6-8-16)11-18-14(2)3/h5-8,14,17-18H,4,9-13H2,1-3H3. The van der Waals surface area contributed by atoms with Crippen LogP contribution >= 0.6 is 0 Å². The van der Waals surface area contributed by atoms with Gasteiger partial charge in [-0.1, -0.05) is 32.9 Å². The summed E-state index contributed by atoms with van der Waals surface area (Å²) in [6, 6.07) is 8.82. The van der Waals surface area contributed by atoms with Crippen LogP contribution in [0.15, 0.2) is 24.3 Å². The third kappa shape index (κ3) is 5.65. The van der Waals surface area contributed by atoms with Crippen LogP contribution in [0.25, 0.3) is 0 Å². The van der Waals surface area contributed by atoms with Crippen LogP contribution in [-0.4, -0.2) is 49.9 Å². The summed E-state index contributed by atoms with van der Waals surface area (Å²) >= 11 is 0. The van der Waals surface area contributed by atoms with Gasteiger partial charge >= 0.3 is 0 Å². The van der Waals surface area contributed by atoms with E-state index in [0.717, 1.165) is 38.5 Å². The van der Waals surface area contributed by atoms with Gasteiger partial charge in [0.25, 0.3) is 0 Å². The van der Waals surface area contributed by atoms with Crippen molar-refractivity contribution in [3.63, 3.8) is 0 Å². The molecule has 0 aliphatic carbocycles. The van der Waals surface area contributed by atoms with Gasteiger partial charge < -0.3 is 14.8 Å². The zero-order chi connectivity index (χ0) is 15.1. The zero-order valence-corrected chi connectivity index (χ0v) is 13.5. The maximum absolute atomic E-state index is 5.85. The number of rotatable bonds is 7. The van der Waals surface area contributed by atoms with Crippen LogP contribution in [0.3, 0.4) is 0 Å². The van der Waals surface area contributed by atoms with E-state index in [4.69, 9.17) is 9.47 Å². The van der Waals surface area contributed by atoms with E-state index >= 15 is 0 Å². The van der Waals surface area contributed by atoms with Crippen LogP contribution in [0.4, 0.5) is 0 Å². The predicted octanol–water partition coefficient (Wildman–Crippen LogP) is 2.28. The van der Waals surface area contributed by atoms with Crippen molar-refractivity contribution in [3.05, 3.63) is 29.8 Å². The van der Waals surface area contributed by atoms with Crippen molar-refractivity contribution >= 4 is 0 Å². The minimum absolute atomic E-state index is 0.181. The maximum atomic E-state index is 5.85. The molecule has 1 saturated heterocycles. The monoisotopic (exact) mass is 292 g/mol. The van der Waals surface area contributed by atoms with E-state index in [1.54, 1.807) is 0 Å². The van der Waals surface area contributed by atoms with Crippen LogP contribution in [-0.2, 0) is 11.3 Å². The Balaban J connectivity index is 1.75. The lowest BCUT2D eigenvalue weighted by Gasteiger charge is -2.31. The smallest absolute Gasteiger partial charge is 0.119 e. The molecule has 0 aromatic heterocycles. The van der Waals surface area contributed by atoms with Crippen molar-refractivity contribution in [2.75, 3.05) is 32.8 Å². The molecule has 0 amide bonds. The molecule has 1 aromatic carbocycles. The second-order valence-electron chi connectivity index (χ2n) is 5.88. The van der Waals surface area contributed by atoms with Crippen molar-refractivity contribution in [2.45, 2.75) is 39.5 Å². The largest absolute Gasteiger partial charge is 0.491 e. The second kappa shape index (κ2) is 8.37. The van der Waals surface area contributed by atoms with Gasteiger partial charge in [-0.25, -0.2) is 0 Å². The molecule has 21 heavy (non-hydrogen) atoms. The fourth-order valence-corrected chi connectivity index (χ4v) is 2.38. The number of nitrogens with zero attached hydrogens (tertiary/aromatic N) is 1. The number of ether oxygens (including phenoxy) is 2. The Kier molecular flexibility index (Phi) is 6.49. The van der Waals surface area contributed by atoms with Gasteiger partial charge in [0.2, 0.25) is 0 Å². The molecular weight excluding hydrogens is 264 g/mol. The van der Waals surface area contributed by atoms with E-state index in [-0.39, 0.29) is 6.10 Å². The van der Waals surface area contributed by atoms with E-state index in [2.05, 4.69) is 43.1 Å². The average molecular weight is 292 g/mol. The summed E-state index contributed by atoms with van der Waals surface area (Å²) in [5.74, 6) is 0.917. The fourth-order valence-electron chi connectivity index (χ4n) is 2.38. The van der Waals surface area contributed by atoms with Gasteiger partial charge in [-0.15, -0.1) is 0 Å². The van der Waals surface area contributed by atoms with Gasteiger partial charge in [0.15, 0.2) is 0 Å². The Bertz CT molecular complexity index is 406. The second-order valence-corrected chi connectivity index (χ2v) is 5.88. The fraction of sp³-hybridized carbons (Fsp3) is 0.647. The molecule has 1 unspecified atom stereocenters. The molecule has 1 aliphatic rings. The highest BCUT2D eigenvalue weighted by Gasteiger charge is 2.19. The van der Waals surface area contributed by atoms with Crippen LogP contribution in [0, 0.1) is 0 Å². The van der Waals surface area contributed by atoms with Gasteiger partial charge in [0.1, 0.15) is 18.5 Å². The van der Waals surface area contributed by atoms with E-state index in [1.807, 2.05) is 12.1 Å². The highest BCUT2D eigenvalue weighted by atomic mass is 16.5. The summed E-state index contributed by atoms with van der Waals surface area (Å²) in [5, 5.41) is 3.41. The summed E-state index contributed by atoms with van der Waals surface area (Å²) in [4.78, 5) is 2.40. The Hall–Kier alpha value is -1.10. The van der Waals surface area contributed by atoms with Crippen molar-refractivity contribution in [1.29, 1.82) is 0 Å². The molecule has 1 fully saturated rings. The molecule has 0 bridgehead atoms. The Morgan fingerprint density at radius 1 is 1.33 bits per heavy atom. The molecule has 4 nitrogen and oxygen atoms in total. The molecule has 1 heterocycles. The molecule has 118 valence electrons. The van der Waals surface area contributed by atoms with Crippen molar-refractivity contribution in [1.82, 2.24) is 10.2 Å². The van der Waals surface area contributed by atoms with Gasteiger partial charge in [-0.2, -0.15) is 0 Å². The quantitative estimate of drug-likeness (QED) is 0.836. The zero-order valence-electron chi connectivity index (χ0n) is 13.5. The molecule has 4 heteroatoms. The third-order valence-electron chi connectivity index (χ3n) is 3.74. The Labute approximate surface area is 128 Å². The molecule has 0 spiro atoms. The number of hydrogen-bond acceptors (Lipinski definition) is 4. The van der Waals surface area contributed by atoms with Gasteiger partial charge in [-0.05, 0) is 24.2 Å². The molecule has 1 atom stereocenters. The molecule has 1 N–H and O–H groups in total. The molecule has 1 aromatic rings. The number of benzene rings is 1. The minimum Gasteiger partial charge on any atom is -0.491 e. The lowest BCUT2D eigenvalue weighted by molar-refractivity contribution is -0.0464. The van der Waals surface area contributed by atoms with Crippen LogP contribution < -0.4 is 10.1 Å². The van der Waals surface area contributed by atoms with E-state index < -0.39 is 0 Å². The molecule has 2 rings (SSSR count). The lowest BCUT2D eigenvalue weighted by Crippen LogP contribution is -2.44. The first-order valence-electron chi connectivity index (χ1n) is 7.96. The first-order valence-corrected chi connectivity index (χ1v) is 7.96. The SMILES string of the molecule is CCN1CCOC(COc2ccc(CNC(C)C)cc2)C1. The normalized spacial score (nSPS) is 19.9. The van der Waals surface area contributed by atoms with E-state index in [1.165, 1.54) is 5.56 Å². The summed E-state index contributed by atoms with van der Waals surface area (Å²) in [6.07, 6.45) is 0.181. The van der Waals surface area contributed by atoms with Gasteiger partial charge in [-0.3, -0.25) is 4.90 Å². The molecule has 1 aliphatic heterocycles. The first-order chi connectivity index (χ1) is 10.2. The topological polar surface area (TPSA) is 33.7 Å². The molecule has 0 radical (unpaired) electrons. The molecule has 0 saturated carbocycles. The highest BCUT2D eigenvalue weighted by Crippen LogP contribution is 2.14. The minimum atomic E-state index is 0.181. The summed E-state index contributed by atoms with van der Waals surface area (Å²) in [6.45, 7) is 11.9. The average Bonchev–Trinajstić information content (AvgIpc) is 2.52.